The molecule has 2 saturated heterocycles. The summed E-state index contributed by atoms with van der Waals surface area (Å²) >= 11 is 14.0. The Bertz CT molecular complexity index is 1740. The van der Waals surface area contributed by atoms with Gasteiger partial charge in [0.25, 0.3) is 11.5 Å². The van der Waals surface area contributed by atoms with Gasteiger partial charge in [-0.3, -0.25) is 14.2 Å². The number of nitrogens with zero attached hydrogens (tertiary/aromatic N) is 3. The average molecular weight is 620 g/mol. The first-order chi connectivity index (χ1) is 20.2. The summed E-state index contributed by atoms with van der Waals surface area (Å²) in [5.41, 5.74) is 5.44. The molecule has 2 aliphatic rings. The van der Waals surface area contributed by atoms with E-state index in [9.17, 15) is 9.59 Å². The van der Waals surface area contributed by atoms with Gasteiger partial charge in [-0.25, -0.2) is 4.98 Å². The van der Waals surface area contributed by atoms with Crippen molar-refractivity contribution in [1.29, 1.82) is 0 Å². The SMILES string of the molecule is CCc1ccc(Cl)cc1-n1c(C=C(C)C)c(C(=O)N2CC3CCC(C2)N3)cc(-c2nc(-c3ccc(Cl)cc3)cs2)c1=O. The zero-order chi connectivity index (χ0) is 29.5. The number of piperazine rings is 1. The fraction of sp³-hybridized carbons (Fsp3) is 0.303. The summed E-state index contributed by atoms with van der Waals surface area (Å²) in [6.07, 6.45) is 4.75. The van der Waals surface area contributed by atoms with Crippen LogP contribution in [0.1, 0.15) is 55.2 Å². The van der Waals surface area contributed by atoms with Gasteiger partial charge >= 0.3 is 0 Å². The Labute approximate surface area is 259 Å². The number of halogens is 2. The number of aromatic nitrogens is 2. The zero-order valence-corrected chi connectivity index (χ0v) is 26.1. The minimum atomic E-state index is -0.242. The number of amides is 1. The second-order valence-corrected chi connectivity index (χ2v) is 13.0. The maximum Gasteiger partial charge on any atom is 0.265 e. The van der Waals surface area contributed by atoms with Crippen molar-refractivity contribution in [2.75, 3.05) is 13.1 Å². The number of nitrogens with one attached hydrogen (secondary N) is 1. The van der Waals surface area contributed by atoms with Gasteiger partial charge in [-0.15, -0.1) is 11.3 Å². The number of carbonyl (C=O) groups excluding carboxylic acids is 1. The Morgan fingerprint density at radius 2 is 1.74 bits per heavy atom. The summed E-state index contributed by atoms with van der Waals surface area (Å²) in [5, 5.41) is 7.25. The van der Waals surface area contributed by atoms with E-state index in [1.54, 1.807) is 10.6 Å². The van der Waals surface area contributed by atoms with E-state index in [0.717, 1.165) is 35.2 Å². The lowest BCUT2D eigenvalue weighted by molar-refractivity contribution is 0.0696. The van der Waals surface area contributed by atoms with Crippen molar-refractivity contribution in [3.05, 3.63) is 96.7 Å². The molecule has 9 heteroatoms. The highest BCUT2D eigenvalue weighted by atomic mass is 35.5. The second-order valence-electron chi connectivity index (χ2n) is 11.2. The van der Waals surface area contributed by atoms with Gasteiger partial charge in [0.2, 0.25) is 0 Å². The fourth-order valence-corrected chi connectivity index (χ4v) is 7.07. The number of likely N-dealkylation sites (tertiary alicyclic amines) is 1. The van der Waals surface area contributed by atoms with Crippen molar-refractivity contribution in [3.63, 3.8) is 0 Å². The van der Waals surface area contributed by atoms with E-state index in [0.29, 0.717) is 69.2 Å². The molecule has 216 valence electrons. The maximum atomic E-state index is 14.5. The van der Waals surface area contributed by atoms with Crippen molar-refractivity contribution in [2.24, 2.45) is 0 Å². The van der Waals surface area contributed by atoms with E-state index in [-0.39, 0.29) is 11.5 Å². The number of fused-ring (bicyclic) bond motifs is 2. The Morgan fingerprint density at radius 1 is 1.05 bits per heavy atom. The summed E-state index contributed by atoms with van der Waals surface area (Å²) in [6, 6.07) is 15.4. The molecule has 2 atom stereocenters. The molecule has 2 aromatic carbocycles. The van der Waals surface area contributed by atoms with Gasteiger partial charge in [-0.1, -0.05) is 53.9 Å². The Kier molecular flexibility index (Phi) is 8.11. The summed E-state index contributed by atoms with van der Waals surface area (Å²) in [5.74, 6) is -0.0783. The molecule has 4 heterocycles. The van der Waals surface area contributed by atoms with Crippen LogP contribution in [0.4, 0.5) is 0 Å². The van der Waals surface area contributed by atoms with Gasteiger partial charge in [0, 0.05) is 46.2 Å². The van der Waals surface area contributed by atoms with Crippen LogP contribution in [0.25, 0.3) is 33.6 Å². The average Bonchev–Trinajstić information content (AvgIpc) is 3.59. The van der Waals surface area contributed by atoms with Gasteiger partial charge in [0.1, 0.15) is 5.01 Å². The van der Waals surface area contributed by atoms with Gasteiger partial charge in [0.05, 0.1) is 28.2 Å². The molecule has 1 amide bonds. The van der Waals surface area contributed by atoms with Crippen LogP contribution in [0, 0.1) is 0 Å². The lowest BCUT2D eigenvalue weighted by Gasteiger charge is -2.33. The third kappa shape index (κ3) is 5.59. The molecule has 2 aliphatic heterocycles. The molecule has 2 bridgehead atoms. The number of rotatable bonds is 6. The Morgan fingerprint density at radius 3 is 2.40 bits per heavy atom. The van der Waals surface area contributed by atoms with Crippen LogP contribution >= 0.6 is 34.5 Å². The Hall–Kier alpha value is -3.23. The van der Waals surface area contributed by atoms with Gasteiger partial charge in [-0.2, -0.15) is 0 Å². The third-order valence-electron chi connectivity index (χ3n) is 7.94. The van der Waals surface area contributed by atoms with Gasteiger partial charge < -0.3 is 10.2 Å². The predicted octanol–water partition coefficient (Wildman–Crippen LogP) is 7.50. The molecule has 0 saturated carbocycles. The number of pyridine rings is 1. The molecule has 0 aliphatic carbocycles. The molecule has 0 radical (unpaired) electrons. The number of carbonyl (C=O) groups is 1. The summed E-state index contributed by atoms with van der Waals surface area (Å²) in [6.45, 7) is 7.28. The minimum Gasteiger partial charge on any atom is -0.335 e. The third-order valence-corrected chi connectivity index (χ3v) is 9.30. The molecule has 2 aromatic heterocycles. The normalized spacial score (nSPS) is 17.9. The first-order valence-electron chi connectivity index (χ1n) is 14.2. The van der Waals surface area contributed by atoms with Crippen molar-refractivity contribution < 1.29 is 4.79 Å². The van der Waals surface area contributed by atoms with Crippen molar-refractivity contribution >= 4 is 46.5 Å². The number of aryl methyl sites for hydroxylation is 1. The molecule has 1 N–H and O–H groups in total. The molecule has 0 spiro atoms. The van der Waals surface area contributed by atoms with Gasteiger partial charge in [0.15, 0.2) is 0 Å². The summed E-state index contributed by atoms with van der Waals surface area (Å²) in [7, 11) is 0. The molecule has 6 rings (SSSR count). The Balaban J connectivity index is 1.59. The molecule has 42 heavy (non-hydrogen) atoms. The quantitative estimate of drug-likeness (QED) is 0.243. The summed E-state index contributed by atoms with van der Waals surface area (Å²) in [4.78, 5) is 35.7. The van der Waals surface area contributed by atoms with Crippen molar-refractivity contribution in [2.45, 2.75) is 52.1 Å². The predicted molar refractivity (Wildman–Crippen MR) is 173 cm³/mol. The molecule has 2 unspecified atom stereocenters. The smallest absolute Gasteiger partial charge is 0.265 e. The van der Waals surface area contributed by atoms with E-state index in [1.165, 1.54) is 11.3 Å². The van der Waals surface area contributed by atoms with E-state index >= 15 is 0 Å². The largest absolute Gasteiger partial charge is 0.335 e. The van der Waals surface area contributed by atoms with E-state index < -0.39 is 0 Å². The van der Waals surface area contributed by atoms with Crippen LogP contribution in [0.3, 0.4) is 0 Å². The monoisotopic (exact) mass is 618 g/mol. The second kappa shape index (κ2) is 11.8. The van der Waals surface area contributed by atoms with E-state index in [2.05, 4.69) is 5.32 Å². The maximum absolute atomic E-state index is 14.5. The first-order valence-corrected chi connectivity index (χ1v) is 15.9. The zero-order valence-electron chi connectivity index (χ0n) is 23.8. The van der Waals surface area contributed by atoms with E-state index in [4.69, 9.17) is 28.2 Å². The number of hydrogen-bond donors (Lipinski definition) is 1. The molecular weight excluding hydrogens is 587 g/mol. The van der Waals surface area contributed by atoms with Crippen molar-refractivity contribution in [1.82, 2.24) is 19.8 Å². The van der Waals surface area contributed by atoms with Gasteiger partial charge in [-0.05, 0) is 75.1 Å². The highest BCUT2D eigenvalue weighted by molar-refractivity contribution is 7.13. The van der Waals surface area contributed by atoms with Crippen molar-refractivity contribution in [3.8, 4) is 27.5 Å². The molecule has 4 aromatic rings. The molecule has 6 nitrogen and oxygen atoms in total. The fourth-order valence-electron chi connectivity index (χ4n) is 5.94. The highest BCUT2D eigenvalue weighted by Gasteiger charge is 2.36. The highest BCUT2D eigenvalue weighted by Crippen LogP contribution is 2.32. The van der Waals surface area contributed by atoms with Crippen LogP contribution in [0.2, 0.25) is 10.0 Å². The van der Waals surface area contributed by atoms with Crippen LogP contribution in [-0.2, 0) is 6.42 Å². The van der Waals surface area contributed by atoms with Crippen LogP contribution in [0.5, 0.6) is 0 Å². The number of allylic oxidation sites excluding steroid dienone is 1. The number of thiazole rings is 1. The van der Waals surface area contributed by atoms with Crippen LogP contribution in [0.15, 0.2) is 64.3 Å². The molecular formula is C33H32Cl2N4O2S. The lowest BCUT2D eigenvalue weighted by atomic mass is 10.0. The number of hydrogen-bond acceptors (Lipinski definition) is 5. The van der Waals surface area contributed by atoms with E-state index in [1.807, 2.05) is 79.6 Å². The number of benzene rings is 2. The van der Waals surface area contributed by atoms with Crippen LogP contribution in [-0.4, -0.2) is 45.5 Å². The van der Waals surface area contributed by atoms with Crippen LogP contribution < -0.4 is 10.9 Å². The minimum absolute atomic E-state index is 0.0783. The first kappa shape index (κ1) is 28.9. The lowest BCUT2D eigenvalue weighted by Crippen LogP contribution is -2.53. The standard InChI is InChI=1S/C33H32Cl2N4O2S/c1-4-20-5-10-23(35)14-29(20)39-30(13-19(2)3)26(32(40)38-16-24-11-12-25(17-38)36-24)15-27(33(39)41)31-37-28(18-42-31)21-6-8-22(34)9-7-21/h5-10,13-15,18,24-25,36H,4,11-12,16-17H2,1-3H3. The topological polar surface area (TPSA) is 67.2 Å². The molecule has 2 fully saturated rings. The summed E-state index contributed by atoms with van der Waals surface area (Å²) < 4.78 is 1.67.